The van der Waals surface area contributed by atoms with Gasteiger partial charge in [0.2, 0.25) is 5.91 Å². The summed E-state index contributed by atoms with van der Waals surface area (Å²) in [4.78, 5) is 12.7. The van der Waals surface area contributed by atoms with Crippen LogP contribution in [0.1, 0.15) is 32.6 Å². The Kier molecular flexibility index (Phi) is 12.1. The molecule has 4 aliphatic rings. The number of aliphatic hydroxyl groups is 5. The molecule has 0 aromatic heterocycles. The molecule has 2 saturated heterocycles. The lowest BCUT2D eigenvalue weighted by atomic mass is 9.67. The first kappa shape index (κ1) is 34.8. The summed E-state index contributed by atoms with van der Waals surface area (Å²) < 4.78 is 24.3. The van der Waals surface area contributed by atoms with Crippen LogP contribution in [-0.4, -0.2) is 150 Å². The van der Waals surface area contributed by atoms with Crippen LogP contribution in [0.3, 0.4) is 0 Å². The zero-order chi connectivity index (χ0) is 31.5. The van der Waals surface area contributed by atoms with Crippen LogP contribution in [0.2, 0.25) is 0 Å². The number of likely N-dealkylation sites (N-methyl/N-ethyl adjacent to an activating group) is 1. The highest BCUT2D eigenvalue weighted by Crippen LogP contribution is 2.44. The Morgan fingerprint density at radius 1 is 1.09 bits per heavy atom. The lowest BCUT2D eigenvalue weighted by molar-refractivity contribution is -0.316. The first-order valence-electron chi connectivity index (χ1n) is 15.3. The average molecular weight is 621 g/mol. The molecule has 43 heavy (non-hydrogen) atoms. The van der Waals surface area contributed by atoms with E-state index in [1.165, 1.54) is 6.92 Å². The highest BCUT2D eigenvalue weighted by Gasteiger charge is 2.53. The van der Waals surface area contributed by atoms with Crippen molar-refractivity contribution in [3.63, 3.8) is 0 Å². The lowest BCUT2D eigenvalue weighted by Crippen LogP contribution is -2.70. The van der Waals surface area contributed by atoms with Gasteiger partial charge in [0, 0.05) is 19.1 Å². The Morgan fingerprint density at radius 3 is 2.49 bits per heavy atom. The van der Waals surface area contributed by atoms with Crippen molar-refractivity contribution < 1.29 is 49.3 Å². The minimum absolute atomic E-state index is 0.0311. The number of rotatable bonds is 13. The second-order valence-electron chi connectivity index (χ2n) is 12.6. The SMILES string of the molecule is CNC1C(O)C(OC2C(NC(=O)C(O)CCN)CC(N)C(OC3O[C@H]4C(CNCCO)CC4CC3N)C2O)OCC1(C)O. The fourth-order valence-electron chi connectivity index (χ4n) is 6.90. The maximum atomic E-state index is 12.7. The second kappa shape index (κ2) is 15.0. The number of aliphatic hydroxyl groups excluding tert-OH is 4. The van der Waals surface area contributed by atoms with Crippen molar-refractivity contribution in [3.05, 3.63) is 0 Å². The van der Waals surface area contributed by atoms with E-state index in [4.69, 9.17) is 41.3 Å². The Labute approximate surface area is 251 Å². The van der Waals surface area contributed by atoms with Crippen LogP contribution in [-0.2, 0) is 23.7 Å². The predicted molar refractivity (Wildman–Crippen MR) is 152 cm³/mol. The molecule has 0 aromatic rings. The van der Waals surface area contributed by atoms with Gasteiger partial charge < -0.3 is 77.6 Å². The van der Waals surface area contributed by atoms with Gasteiger partial charge in [-0.25, -0.2) is 0 Å². The van der Waals surface area contributed by atoms with Crippen LogP contribution < -0.4 is 33.2 Å². The van der Waals surface area contributed by atoms with Crippen LogP contribution in [0.25, 0.3) is 0 Å². The number of nitrogens with two attached hydrogens (primary N) is 3. The van der Waals surface area contributed by atoms with Crippen LogP contribution in [0.5, 0.6) is 0 Å². The summed E-state index contributed by atoms with van der Waals surface area (Å²) in [7, 11) is 1.58. The normalized spacial score (nSPS) is 45.6. The number of carbonyl (C=O) groups is 1. The molecule has 4 fully saturated rings. The fraction of sp³-hybridized carbons (Fsp3) is 0.963. The minimum Gasteiger partial charge on any atom is -0.395 e. The summed E-state index contributed by atoms with van der Waals surface area (Å²) >= 11 is 0. The van der Waals surface area contributed by atoms with Crippen molar-refractivity contribution in [1.29, 1.82) is 0 Å². The first-order chi connectivity index (χ1) is 20.4. The molecule has 2 heterocycles. The Morgan fingerprint density at radius 2 is 1.81 bits per heavy atom. The van der Waals surface area contributed by atoms with Gasteiger partial charge in [0.05, 0.1) is 37.4 Å². The first-order valence-corrected chi connectivity index (χ1v) is 15.3. The summed E-state index contributed by atoms with van der Waals surface area (Å²) in [6, 6.07) is -2.95. The van der Waals surface area contributed by atoms with E-state index < -0.39 is 78.8 Å². The van der Waals surface area contributed by atoms with E-state index in [1.807, 2.05) is 0 Å². The van der Waals surface area contributed by atoms with Crippen molar-refractivity contribution in [1.82, 2.24) is 16.0 Å². The third-order valence-electron chi connectivity index (χ3n) is 9.26. The van der Waals surface area contributed by atoms with Gasteiger partial charge >= 0.3 is 0 Å². The molecular formula is C27H52N6O10. The van der Waals surface area contributed by atoms with E-state index in [2.05, 4.69) is 16.0 Å². The number of ether oxygens (including phenoxy) is 4. The van der Waals surface area contributed by atoms with Crippen LogP contribution >= 0.6 is 0 Å². The number of carbonyl (C=O) groups excluding carboxylic acids is 1. The number of fused-ring (bicyclic) bond motifs is 1. The monoisotopic (exact) mass is 620 g/mol. The third-order valence-corrected chi connectivity index (χ3v) is 9.26. The Bertz CT molecular complexity index is 904. The molecule has 2 saturated carbocycles. The van der Waals surface area contributed by atoms with Crippen molar-refractivity contribution in [2.24, 2.45) is 29.0 Å². The molecule has 4 rings (SSSR count). The molecule has 14 N–H and O–H groups in total. The maximum absolute atomic E-state index is 12.7. The van der Waals surface area contributed by atoms with Crippen molar-refractivity contribution in [2.75, 3.05) is 39.9 Å². The zero-order valence-electron chi connectivity index (χ0n) is 25.0. The average Bonchev–Trinajstić information content (AvgIpc) is 2.94. The molecule has 15 atom stereocenters. The van der Waals surface area contributed by atoms with Crippen molar-refractivity contribution >= 4 is 5.91 Å². The quantitative estimate of drug-likeness (QED) is 0.0859. The van der Waals surface area contributed by atoms with Crippen molar-refractivity contribution in [3.8, 4) is 0 Å². The second-order valence-corrected chi connectivity index (χ2v) is 12.6. The molecular weight excluding hydrogens is 568 g/mol. The standard InChI is InChI=1S/C27H52N6O10/c1-27(39)11-40-26(19(37)23(27)31-2)43-22-16(33-24(38)17(35)3-4-28)9-14(29)21(18(22)36)42-25-15(30)8-12-7-13(20(12)41-25)10-32-5-6-34/h12-23,25-26,31-32,34-37,39H,3-11,28-30H2,1-2H3,(H,33,38)/t12?,13?,14?,15?,16?,17?,18?,19?,20-,21?,22?,23?,25?,26?,27?/m1/s1. The zero-order valence-corrected chi connectivity index (χ0v) is 25.0. The molecule has 250 valence electrons. The molecule has 0 bridgehead atoms. The molecule has 2 aliphatic carbocycles. The molecule has 0 aromatic carbocycles. The molecule has 14 unspecified atom stereocenters. The summed E-state index contributed by atoms with van der Waals surface area (Å²) in [5, 5.41) is 61.3. The van der Waals surface area contributed by atoms with Crippen LogP contribution in [0.15, 0.2) is 0 Å². The number of hydrogen-bond acceptors (Lipinski definition) is 15. The topological polar surface area (TPSA) is 269 Å². The molecule has 2 aliphatic heterocycles. The Hall–Kier alpha value is -1.09. The predicted octanol–water partition coefficient (Wildman–Crippen LogP) is -5.24. The number of nitrogens with one attached hydrogen (secondary N) is 3. The molecule has 16 heteroatoms. The fourth-order valence-corrected chi connectivity index (χ4v) is 6.90. The Balaban J connectivity index is 1.49. The van der Waals surface area contributed by atoms with Gasteiger partial charge in [-0.15, -0.1) is 0 Å². The van der Waals surface area contributed by atoms with E-state index >= 15 is 0 Å². The van der Waals surface area contributed by atoms with Gasteiger partial charge in [-0.3, -0.25) is 4.79 Å². The smallest absolute Gasteiger partial charge is 0.249 e. The third kappa shape index (κ3) is 7.84. The van der Waals surface area contributed by atoms with Gasteiger partial charge in [-0.1, -0.05) is 0 Å². The summed E-state index contributed by atoms with van der Waals surface area (Å²) in [6.45, 7) is 2.66. The molecule has 0 radical (unpaired) electrons. The lowest BCUT2D eigenvalue weighted by Gasteiger charge is -2.53. The molecule has 0 spiro atoms. The van der Waals surface area contributed by atoms with Gasteiger partial charge in [0.15, 0.2) is 12.6 Å². The van der Waals surface area contributed by atoms with E-state index in [-0.39, 0.29) is 44.6 Å². The van der Waals surface area contributed by atoms with Crippen LogP contribution in [0, 0.1) is 11.8 Å². The van der Waals surface area contributed by atoms with Gasteiger partial charge in [-0.05, 0) is 58.0 Å². The highest BCUT2D eigenvalue weighted by molar-refractivity contribution is 5.80. The molecule has 16 nitrogen and oxygen atoms in total. The van der Waals surface area contributed by atoms with Gasteiger partial charge in [0.25, 0.3) is 0 Å². The van der Waals surface area contributed by atoms with Crippen molar-refractivity contribution in [2.45, 2.75) is 112 Å². The van der Waals surface area contributed by atoms with Gasteiger partial charge in [0.1, 0.15) is 36.1 Å². The van der Waals surface area contributed by atoms with E-state index in [1.54, 1.807) is 7.05 Å². The summed E-state index contributed by atoms with van der Waals surface area (Å²) in [5.74, 6) is -0.185. The summed E-state index contributed by atoms with van der Waals surface area (Å²) in [5.41, 5.74) is 17.0. The van der Waals surface area contributed by atoms with E-state index in [0.29, 0.717) is 25.4 Å². The van der Waals surface area contributed by atoms with E-state index in [0.717, 1.165) is 6.42 Å². The largest absolute Gasteiger partial charge is 0.395 e. The minimum atomic E-state index is -1.43. The number of hydrogen-bond donors (Lipinski definition) is 11. The number of amides is 1. The molecule has 1 amide bonds. The highest BCUT2D eigenvalue weighted by atomic mass is 16.7. The van der Waals surface area contributed by atoms with Gasteiger partial charge in [-0.2, -0.15) is 0 Å². The van der Waals surface area contributed by atoms with Crippen LogP contribution in [0.4, 0.5) is 0 Å². The van der Waals surface area contributed by atoms with E-state index in [9.17, 15) is 25.2 Å². The summed E-state index contributed by atoms with van der Waals surface area (Å²) in [6.07, 6.45) is -6.83. The maximum Gasteiger partial charge on any atom is 0.249 e.